The molecular formula is C19H17ClN4O2S3. The standard InChI is InChI=1S/C19H17ClN4O2S3/c1-29(25,26)23-12-5-7-13(8-6-12)24-18(15-9-10-16(20)28-15)17(22-19(24)27)14-4-2-3-11-21-14/h2-11,17-18,23H,1H3,(H,22,27)/t17-,18-/m0/s1. The third-order valence-electron chi connectivity index (χ3n) is 4.43. The van der Waals surface area contributed by atoms with Crippen LogP contribution in [0.1, 0.15) is 22.7 Å². The Bertz CT molecular complexity index is 1130. The smallest absolute Gasteiger partial charge is 0.229 e. The van der Waals surface area contributed by atoms with Crippen molar-refractivity contribution in [3.05, 3.63) is 75.7 Å². The molecule has 2 N–H and O–H groups in total. The van der Waals surface area contributed by atoms with E-state index in [1.54, 1.807) is 18.3 Å². The Morgan fingerprint density at radius 1 is 1.17 bits per heavy atom. The number of nitrogens with one attached hydrogen (secondary N) is 2. The predicted molar refractivity (Wildman–Crippen MR) is 122 cm³/mol. The molecule has 1 aromatic carbocycles. The number of pyridine rings is 1. The molecule has 1 fully saturated rings. The Balaban J connectivity index is 1.73. The Morgan fingerprint density at radius 2 is 1.93 bits per heavy atom. The van der Waals surface area contributed by atoms with Crippen LogP contribution in [0, 0.1) is 0 Å². The molecule has 0 aliphatic carbocycles. The SMILES string of the molecule is CS(=O)(=O)Nc1ccc(N2C(=S)N[C@@H](c3ccccn3)[C@@H]2c2ccc(Cl)s2)cc1. The third kappa shape index (κ3) is 4.37. The molecule has 0 unspecified atom stereocenters. The van der Waals surface area contributed by atoms with Crippen molar-refractivity contribution in [3.8, 4) is 0 Å². The molecule has 0 bridgehead atoms. The van der Waals surface area contributed by atoms with Crippen molar-refractivity contribution >= 4 is 61.7 Å². The highest BCUT2D eigenvalue weighted by Crippen LogP contribution is 2.44. The first-order valence-corrected chi connectivity index (χ1v) is 12.1. The lowest BCUT2D eigenvalue weighted by Gasteiger charge is -2.27. The normalized spacial score (nSPS) is 19.2. The van der Waals surface area contributed by atoms with Crippen LogP contribution in [-0.4, -0.2) is 24.8 Å². The molecule has 2 aromatic heterocycles. The predicted octanol–water partition coefficient (Wildman–Crippen LogP) is 4.35. The summed E-state index contributed by atoms with van der Waals surface area (Å²) in [5, 5.41) is 3.94. The second-order valence-corrected chi connectivity index (χ2v) is 10.4. The molecule has 150 valence electrons. The molecular weight excluding hydrogens is 448 g/mol. The molecule has 4 rings (SSSR count). The lowest BCUT2D eigenvalue weighted by molar-refractivity contribution is 0.575. The second kappa shape index (κ2) is 7.91. The van der Waals surface area contributed by atoms with Crippen molar-refractivity contribution in [2.75, 3.05) is 15.9 Å². The van der Waals surface area contributed by atoms with E-state index >= 15 is 0 Å². The van der Waals surface area contributed by atoms with Gasteiger partial charge in [0.15, 0.2) is 5.11 Å². The van der Waals surface area contributed by atoms with E-state index in [0.29, 0.717) is 15.1 Å². The van der Waals surface area contributed by atoms with Crippen LogP contribution in [0.15, 0.2) is 60.8 Å². The van der Waals surface area contributed by atoms with E-state index in [-0.39, 0.29) is 12.1 Å². The summed E-state index contributed by atoms with van der Waals surface area (Å²) in [6.07, 6.45) is 2.88. The molecule has 1 saturated heterocycles. The first kappa shape index (κ1) is 20.1. The number of halogens is 1. The van der Waals surface area contributed by atoms with Crippen LogP contribution in [0.25, 0.3) is 0 Å². The van der Waals surface area contributed by atoms with Crippen molar-refractivity contribution in [3.63, 3.8) is 0 Å². The maximum absolute atomic E-state index is 11.5. The summed E-state index contributed by atoms with van der Waals surface area (Å²) < 4.78 is 26.1. The van der Waals surface area contributed by atoms with Gasteiger partial charge < -0.3 is 10.2 Å². The maximum Gasteiger partial charge on any atom is 0.229 e. The molecule has 3 aromatic rings. The topological polar surface area (TPSA) is 74.3 Å². The highest BCUT2D eigenvalue weighted by molar-refractivity contribution is 7.92. The zero-order valence-electron chi connectivity index (χ0n) is 15.2. The van der Waals surface area contributed by atoms with Gasteiger partial charge in [-0.3, -0.25) is 9.71 Å². The van der Waals surface area contributed by atoms with Gasteiger partial charge in [0.1, 0.15) is 0 Å². The van der Waals surface area contributed by atoms with Crippen LogP contribution in [0.3, 0.4) is 0 Å². The third-order valence-corrected chi connectivity index (χ3v) is 6.66. The number of hydrogen-bond donors (Lipinski definition) is 2. The Kier molecular flexibility index (Phi) is 5.48. The van der Waals surface area contributed by atoms with Crippen LogP contribution < -0.4 is 14.9 Å². The number of nitrogens with zero attached hydrogens (tertiary/aromatic N) is 2. The maximum atomic E-state index is 11.5. The number of thiophene rings is 1. The zero-order chi connectivity index (χ0) is 20.6. The van der Waals surface area contributed by atoms with Gasteiger partial charge in [-0.05, 0) is 60.7 Å². The molecule has 29 heavy (non-hydrogen) atoms. The summed E-state index contributed by atoms with van der Waals surface area (Å²) >= 11 is 13.4. The molecule has 0 spiro atoms. The van der Waals surface area contributed by atoms with Gasteiger partial charge in [-0.15, -0.1) is 11.3 Å². The Labute approximate surface area is 183 Å². The molecule has 3 heterocycles. The number of anilines is 2. The number of rotatable bonds is 5. The first-order valence-electron chi connectivity index (χ1n) is 8.65. The fourth-order valence-electron chi connectivity index (χ4n) is 3.31. The largest absolute Gasteiger partial charge is 0.351 e. The van der Waals surface area contributed by atoms with Crippen LogP contribution in [0.5, 0.6) is 0 Å². The van der Waals surface area contributed by atoms with Crippen LogP contribution >= 0.6 is 35.2 Å². The molecule has 1 aliphatic rings. The van der Waals surface area contributed by atoms with Gasteiger partial charge >= 0.3 is 0 Å². The Hall–Kier alpha value is -2.20. The van der Waals surface area contributed by atoms with Crippen LogP contribution in [-0.2, 0) is 10.0 Å². The number of hydrogen-bond acceptors (Lipinski definition) is 5. The molecule has 0 amide bonds. The number of aromatic nitrogens is 1. The summed E-state index contributed by atoms with van der Waals surface area (Å²) in [6, 6.07) is 16.5. The first-order chi connectivity index (χ1) is 13.8. The second-order valence-electron chi connectivity index (χ2n) is 6.56. The molecule has 0 saturated carbocycles. The summed E-state index contributed by atoms with van der Waals surface area (Å²) in [7, 11) is -3.34. The summed E-state index contributed by atoms with van der Waals surface area (Å²) in [5.74, 6) is 0. The minimum Gasteiger partial charge on any atom is -0.351 e. The molecule has 10 heteroatoms. The van der Waals surface area contributed by atoms with Gasteiger partial charge in [-0.1, -0.05) is 17.7 Å². The average molecular weight is 465 g/mol. The number of sulfonamides is 1. The lowest BCUT2D eigenvalue weighted by atomic mass is 10.0. The molecule has 1 aliphatic heterocycles. The minimum absolute atomic E-state index is 0.136. The van der Waals surface area contributed by atoms with Gasteiger partial charge in [-0.2, -0.15) is 0 Å². The number of benzene rings is 1. The van der Waals surface area contributed by atoms with E-state index in [1.807, 2.05) is 47.4 Å². The minimum atomic E-state index is -3.34. The van der Waals surface area contributed by atoms with E-state index in [0.717, 1.165) is 22.5 Å². The van der Waals surface area contributed by atoms with Crippen molar-refractivity contribution in [2.24, 2.45) is 0 Å². The zero-order valence-corrected chi connectivity index (χ0v) is 18.4. The van der Waals surface area contributed by atoms with E-state index in [2.05, 4.69) is 15.0 Å². The average Bonchev–Trinajstić information content (AvgIpc) is 3.25. The van der Waals surface area contributed by atoms with E-state index in [9.17, 15) is 8.42 Å². The van der Waals surface area contributed by atoms with Crippen LogP contribution in [0.4, 0.5) is 11.4 Å². The van der Waals surface area contributed by atoms with Crippen molar-refractivity contribution in [2.45, 2.75) is 12.1 Å². The summed E-state index contributed by atoms with van der Waals surface area (Å²) in [4.78, 5) is 7.57. The lowest BCUT2D eigenvalue weighted by Crippen LogP contribution is -2.29. The van der Waals surface area contributed by atoms with Gasteiger partial charge in [0.2, 0.25) is 10.0 Å². The summed E-state index contributed by atoms with van der Waals surface area (Å²) in [6.45, 7) is 0. The molecule has 0 radical (unpaired) electrons. The van der Waals surface area contributed by atoms with Crippen molar-refractivity contribution < 1.29 is 8.42 Å². The number of thiocarbonyl (C=S) groups is 1. The van der Waals surface area contributed by atoms with Gasteiger partial charge in [0.25, 0.3) is 0 Å². The quantitative estimate of drug-likeness (QED) is 0.547. The summed E-state index contributed by atoms with van der Waals surface area (Å²) in [5.41, 5.74) is 2.21. The molecule has 6 nitrogen and oxygen atoms in total. The van der Waals surface area contributed by atoms with E-state index < -0.39 is 10.0 Å². The highest BCUT2D eigenvalue weighted by atomic mass is 35.5. The fourth-order valence-corrected chi connectivity index (χ4v) is 5.41. The van der Waals surface area contributed by atoms with Gasteiger partial charge in [0.05, 0.1) is 28.4 Å². The highest BCUT2D eigenvalue weighted by Gasteiger charge is 2.41. The monoisotopic (exact) mass is 464 g/mol. The van der Waals surface area contributed by atoms with Crippen molar-refractivity contribution in [1.82, 2.24) is 10.3 Å². The fraction of sp³-hybridized carbons (Fsp3) is 0.158. The Morgan fingerprint density at radius 3 is 2.52 bits per heavy atom. The van der Waals surface area contributed by atoms with Gasteiger partial charge in [0, 0.05) is 22.4 Å². The van der Waals surface area contributed by atoms with E-state index in [1.165, 1.54) is 11.3 Å². The van der Waals surface area contributed by atoms with Gasteiger partial charge in [-0.25, -0.2) is 8.42 Å². The molecule has 2 atom stereocenters. The van der Waals surface area contributed by atoms with Crippen LogP contribution in [0.2, 0.25) is 4.34 Å². The van der Waals surface area contributed by atoms with E-state index in [4.69, 9.17) is 23.8 Å². The van der Waals surface area contributed by atoms with Crippen molar-refractivity contribution in [1.29, 1.82) is 0 Å².